The third-order valence-electron chi connectivity index (χ3n) is 7.22. The molecule has 7 nitrogen and oxygen atoms in total. The Balaban J connectivity index is 1.31. The largest absolute Gasteiger partial charge is 0.492 e. The van der Waals surface area contributed by atoms with Crippen LogP contribution in [0.5, 0.6) is 5.75 Å². The molecule has 1 saturated heterocycles. The van der Waals surface area contributed by atoms with Crippen LogP contribution in [-0.4, -0.2) is 70.8 Å². The van der Waals surface area contributed by atoms with Gasteiger partial charge >= 0.3 is 0 Å². The molecule has 32 heavy (non-hydrogen) atoms. The molecular formula is C24H37ClN4O3. The van der Waals surface area contributed by atoms with E-state index in [4.69, 9.17) is 16.3 Å². The van der Waals surface area contributed by atoms with E-state index >= 15 is 0 Å². The Kier molecular flexibility index (Phi) is 8.13. The van der Waals surface area contributed by atoms with E-state index in [-0.39, 0.29) is 18.1 Å². The molecule has 8 heteroatoms. The predicted octanol–water partition coefficient (Wildman–Crippen LogP) is 3.31. The van der Waals surface area contributed by atoms with E-state index in [1.807, 2.05) is 18.1 Å². The summed E-state index contributed by atoms with van der Waals surface area (Å²) in [6, 6.07) is 2.34. The van der Waals surface area contributed by atoms with Crippen LogP contribution in [0, 0.1) is 0 Å². The summed E-state index contributed by atoms with van der Waals surface area (Å²) in [5, 5.41) is 3.51. The number of nitrogens with zero attached hydrogens (tertiary/aromatic N) is 3. The van der Waals surface area contributed by atoms with Gasteiger partial charge in [-0.2, -0.15) is 0 Å². The quantitative estimate of drug-likeness (QED) is 0.448. The lowest BCUT2D eigenvalue weighted by Gasteiger charge is -2.44. The number of rotatable bonds is 9. The summed E-state index contributed by atoms with van der Waals surface area (Å²) >= 11 is 5.91. The van der Waals surface area contributed by atoms with Gasteiger partial charge in [-0.05, 0) is 25.7 Å². The number of ketones is 1. The number of ether oxygens (including phenoxy) is 1. The summed E-state index contributed by atoms with van der Waals surface area (Å²) in [5.74, 6) is 1.93. The SMILES string of the molecule is CN(C(=O)CCCOc1cc2n(c1)C1NCCC(=O)C1N(CCCCl)C2)C1CCCCC1. The summed E-state index contributed by atoms with van der Waals surface area (Å²) in [4.78, 5) is 29.4. The Labute approximate surface area is 196 Å². The molecule has 1 aromatic rings. The third-order valence-corrected chi connectivity index (χ3v) is 7.48. The summed E-state index contributed by atoms with van der Waals surface area (Å²) in [5.41, 5.74) is 1.14. The smallest absolute Gasteiger partial charge is 0.222 e. The van der Waals surface area contributed by atoms with Gasteiger partial charge in [0.15, 0.2) is 5.78 Å². The first kappa shape index (κ1) is 23.6. The van der Waals surface area contributed by atoms with Crippen LogP contribution in [0.4, 0.5) is 0 Å². The molecule has 2 unspecified atom stereocenters. The van der Waals surface area contributed by atoms with Crippen LogP contribution in [0.2, 0.25) is 0 Å². The van der Waals surface area contributed by atoms with Crippen LogP contribution in [0.25, 0.3) is 0 Å². The first-order valence-electron chi connectivity index (χ1n) is 12.2. The van der Waals surface area contributed by atoms with Crippen molar-refractivity contribution in [2.24, 2.45) is 0 Å². The van der Waals surface area contributed by atoms with Crippen molar-refractivity contribution in [1.29, 1.82) is 0 Å². The number of carbonyl (C=O) groups is 2. The zero-order chi connectivity index (χ0) is 22.5. The Bertz CT molecular complexity index is 792. The van der Waals surface area contributed by atoms with E-state index in [1.54, 1.807) is 0 Å². The van der Waals surface area contributed by atoms with Crippen LogP contribution in [0.1, 0.15) is 69.6 Å². The first-order chi connectivity index (χ1) is 15.6. The van der Waals surface area contributed by atoms with Gasteiger partial charge in [-0.1, -0.05) is 19.3 Å². The molecule has 2 aliphatic heterocycles. The highest BCUT2D eigenvalue weighted by Crippen LogP contribution is 2.33. The maximum Gasteiger partial charge on any atom is 0.222 e. The summed E-state index contributed by atoms with van der Waals surface area (Å²) in [7, 11) is 1.95. The third kappa shape index (κ3) is 5.32. The number of fused-ring (bicyclic) bond motifs is 3. The van der Waals surface area contributed by atoms with Crippen LogP contribution >= 0.6 is 11.6 Å². The lowest BCUT2D eigenvalue weighted by molar-refractivity contribution is -0.133. The molecular weight excluding hydrogens is 428 g/mol. The maximum atomic E-state index is 12.7. The monoisotopic (exact) mass is 464 g/mol. The fourth-order valence-corrected chi connectivity index (χ4v) is 5.56. The van der Waals surface area contributed by atoms with Gasteiger partial charge in [-0.15, -0.1) is 11.6 Å². The predicted molar refractivity (Wildman–Crippen MR) is 125 cm³/mol. The van der Waals surface area contributed by atoms with E-state index in [0.29, 0.717) is 50.1 Å². The highest BCUT2D eigenvalue weighted by Gasteiger charge is 2.41. The van der Waals surface area contributed by atoms with Gasteiger partial charge in [0.2, 0.25) is 5.91 Å². The number of hydrogen-bond acceptors (Lipinski definition) is 5. The number of piperidine rings is 1. The first-order valence-corrected chi connectivity index (χ1v) is 12.8. The molecule has 2 fully saturated rings. The van der Waals surface area contributed by atoms with Crippen molar-refractivity contribution in [3.63, 3.8) is 0 Å². The molecule has 1 amide bonds. The van der Waals surface area contributed by atoms with Crippen LogP contribution in [0.3, 0.4) is 0 Å². The molecule has 2 atom stereocenters. The second-order valence-corrected chi connectivity index (χ2v) is 9.77. The molecule has 0 spiro atoms. The highest BCUT2D eigenvalue weighted by atomic mass is 35.5. The van der Waals surface area contributed by atoms with Crippen LogP contribution in [-0.2, 0) is 16.1 Å². The van der Waals surface area contributed by atoms with Crippen molar-refractivity contribution >= 4 is 23.3 Å². The lowest BCUT2D eigenvalue weighted by Crippen LogP contribution is -2.58. The van der Waals surface area contributed by atoms with Crippen molar-refractivity contribution in [3.05, 3.63) is 18.0 Å². The Hall–Kier alpha value is -1.57. The van der Waals surface area contributed by atoms with Crippen LogP contribution < -0.4 is 10.1 Å². The van der Waals surface area contributed by atoms with E-state index in [2.05, 4.69) is 20.9 Å². The fourth-order valence-electron chi connectivity index (χ4n) is 5.44. The molecule has 3 heterocycles. The molecule has 4 rings (SSSR count). The molecule has 1 aromatic heterocycles. The number of amides is 1. The Morgan fingerprint density at radius 2 is 2.09 bits per heavy atom. The van der Waals surface area contributed by atoms with Crippen molar-refractivity contribution in [2.75, 3.05) is 32.6 Å². The number of alkyl halides is 1. The average Bonchev–Trinajstić information content (AvgIpc) is 3.23. The molecule has 1 N–H and O–H groups in total. The minimum absolute atomic E-state index is 0.0570. The second kappa shape index (κ2) is 11.0. The minimum atomic E-state index is -0.146. The van der Waals surface area contributed by atoms with Gasteiger partial charge in [-0.3, -0.25) is 19.8 Å². The summed E-state index contributed by atoms with van der Waals surface area (Å²) < 4.78 is 8.18. The van der Waals surface area contributed by atoms with Gasteiger partial charge < -0.3 is 14.2 Å². The fraction of sp³-hybridized carbons (Fsp3) is 0.750. The molecule has 0 bridgehead atoms. The summed E-state index contributed by atoms with van der Waals surface area (Å²) in [6.07, 6.45) is 10.6. The molecule has 1 aliphatic carbocycles. The number of nitrogens with one attached hydrogen (secondary N) is 1. The zero-order valence-electron chi connectivity index (χ0n) is 19.2. The Morgan fingerprint density at radius 3 is 2.88 bits per heavy atom. The van der Waals surface area contributed by atoms with Gasteiger partial charge in [0, 0.05) is 69.4 Å². The van der Waals surface area contributed by atoms with Crippen molar-refractivity contribution in [1.82, 2.24) is 19.7 Å². The van der Waals surface area contributed by atoms with Crippen LogP contribution in [0.15, 0.2) is 12.3 Å². The molecule has 3 aliphatic rings. The van der Waals surface area contributed by atoms with E-state index in [9.17, 15) is 9.59 Å². The van der Waals surface area contributed by atoms with Crippen molar-refractivity contribution in [3.8, 4) is 5.75 Å². The normalized spacial score (nSPS) is 24.1. The zero-order valence-corrected chi connectivity index (χ0v) is 20.0. The van der Waals surface area contributed by atoms with Gasteiger partial charge in [-0.25, -0.2) is 0 Å². The number of carbonyl (C=O) groups excluding carboxylic acids is 2. The lowest BCUT2D eigenvalue weighted by atomic mass is 9.94. The summed E-state index contributed by atoms with van der Waals surface area (Å²) in [6.45, 7) is 2.76. The molecule has 0 aromatic carbocycles. The number of hydrogen-bond donors (Lipinski definition) is 1. The molecule has 0 radical (unpaired) electrons. The number of halogens is 1. The average molecular weight is 465 g/mol. The van der Waals surface area contributed by atoms with E-state index in [0.717, 1.165) is 43.8 Å². The van der Waals surface area contributed by atoms with E-state index in [1.165, 1.54) is 19.3 Å². The molecule has 178 valence electrons. The topological polar surface area (TPSA) is 66.8 Å². The van der Waals surface area contributed by atoms with E-state index < -0.39 is 0 Å². The van der Waals surface area contributed by atoms with Gasteiger partial charge in [0.1, 0.15) is 18.0 Å². The number of Topliss-reactive ketones (excluding diaryl/α,β-unsaturated/α-hetero) is 1. The van der Waals surface area contributed by atoms with Crippen molar-refractivity contribution in [2.45, 2.75) is 82.6 Å². The van der Waals surface area contributed by atoms with Gasteiger partial charge in [0.05, 0.1) is 6.61 Å². The highest BCUT2D eigenvalue weighted by molar-refractivity contribution is 6.17. The molecule has 1 saturated carbocycles. The van der Waals surface area contributed by atoms with Crippen molar-refractivity contribution < 1.29 is 14.3 Å². The minimum Gasteiger partial charge on any atom is -0.492 e. The van der Waals surface area contributed by atoms with Gasteiger partial charge in [0.25, 0.3) is 0 Å². The Morgan fingerprint density at radius 1 is 1.28 bits per heavy atom. The number of aromatic nitrogens is 1. The standard InChI is InChI=1S/C24H37ClN4O3/c1-27(18-7-3-2-4-8-18)22(31)9-5-14-32-20-15-19-16-28(13-6-11-25)23-21(30)10-12-26-24(23)29(19)17-20/h15,17-18,23-24,26H,2-14,16H2,1H3. The maximum absolute atomic E-state index is 12.7. The second-order valence-electron chi connectivity index (χ2n) is 9.40.